The van der Waals surface area contributed by atoms with Crippen molar-refractivity contribution in [3.05, 3.63) is 35.9 Å². The Hall–Kier alpha value is -1.39. The molecule has 4 N–H and O–H groups in total. The van der Waals surface area contributed by atoms with E-state index in [1.807, 2.05) is 30.3 Å². The van der Waals surface area contributed by atoms with E-state index in [0.717, 1.165) is 13.0 Å². The van der Waals surface area contributed by atoms with E-state index in [1.165, 1.54) is 5.56 Å². The maximum Gasteiger partial charge on any atom is 0.321 e. The smallest absolute Gasteiger partial charge is 0.321 e. The van der Waals surface area contributed by atoms with Crippen LogP contribution in [0.3, 0.4) is 0 Å². The Balaban J connectivity index is 2.15. The molecule has 4 nitrogen and oxygen atoms in total. The van der Waals surface area contributed by atoms with Crippen molar-refractivity contribution in [1.29, 1.82) is 0 Å². The predicted molar refractivity (Wildman–Crippen MR) is 58.6 cm³/mol. The van der Waals surface area contributed by atoms with Crippen LogP contribution in [0.25, 0.3) is 0 Å². The molecule has 0 radical (unpaired) electrons. The van der Waals surface area contributed by atoms with Gasteiger partial charge in [0.15, 0.2) is 0 Å². The Kier molecular flexibility index (Phi) is 4.80. The van der Waals surface area contributed by atoms with Crippen LogP contribution in [-0.4, -0.2) is 30.2 Å². The zero-order chi connectivity index (χ0) is 11.1. The number of aliphatic carboxylic acids is 1. The van der Waals surface area contributed by atoms with Gasteiger partial charge < -0.3 is 16.2 Å². The third-order valence-corrected chi connectivity index (χ3v) is 2.11. The van der Waals surface area contributed by atoms with Gasteiger partial charge in [-0.1, -0.05) is 30.3 Å². The molecule has 0 unspecified atom stereocenters. The summed E-state index contributed by atoms with van der Waals surface area (Å²) >= 11 is 0. The highest BCUT2D eigenvalue weighted by molar-refractivity contribution is 5.73. The van der Waals surface area contributed by atoms with Crippen molar-refractivity contribution < 1.29 is 9.90 Å². The number of carboxylic acids is 1. The average molecular weight is 208 g/mol. The van der Waals surface area contributed by atoms with Gasteiger partial charge >= 0.3 is 5.97 Å². The van der Waals surface area contributed by atoms with E-state index in [4.69, 9.17) is 10.8 Å². The van der Waals surface area contributed by atoms with Crippen LogP contribution in [0, 0.1) is 0 Å². The summed E-state index contributed by atoms with van der Waals surface area (Å²) in [6.45, 7) is 1.05. The first-order valence-electron chi connectivity index (χ1n) is 4.93. The van der Waals surface area contributed by atoms with E-state index < -0.39 is 12.0 Å². The zero-order valence-electron chi connectivity index (χ0n) is 8.52. The first-order valence-corrected chi connectivity index (χ1v) is 4.93. The molecule has 0 saturated carbocycles. The summed E-state index contributed by atoms with van der Waals surface area (Å²) in [5.74, 6) is -0.970. The third-order valence-electron chi connectivity index (χ3n) is 2.11. The largest absolute Gasteiger partial charge is 0.480 e. The molecule has 4 heteroatoms. The lowest BCUT2D eigenvalue weighted by molar-refractivity contribution is -0.138. The summed E-state index contributed by atoms with van der Waals surface area (Å²) in [6.07, 6.45) is 0.882. The van der Waals surface area contributed by atoms with E-state index in [9.17, 15) is 4.79 Å². The fourth-order valence-electron chi connectivity index (χ4n) is 1.22. The van der Waals surface area contributed by atoms with Crippen LogP contribution < -0.4 is 11.1 Å². The maximum absolute atomic E-state index is 10.4. The van der Waals surface area contributed by atoms with E-state index in [2.05, 4.69) is 5.32 Å². The van der Waals surface area contributed by atoms with Gasteiger partial charge in [0.25, 0.3) is 0 Å². The van der Waals surface area contributed by atoms with Crippen molar-refractivity contribution in [2.45, 2.75) is 12.5 Å². The minimum Gasteiger partial charge on any atom is -0.480 e. The lowest BCUT2D eigenvalue weighted by Crippen LogP contribution is -2.40. The van der Waals surface area contributed by atoms with Gasteiger partial charge in [-0.05, 0) is 18.5 Å². The van der Waals surface area contributed by atoms with E-state index in [0.29, 0.717) is 6.54 Å². The third kappa shape index (κ3) is 4.58. The second-order valence-corrected chi connectivity index (χ2v) is 3.38. The number of rotatable bonds is 6. The Bertz CT molecular complexity index is 301. The molecule has 1 aromatic rings. The van der Waals surface area contributed by atoms with E-state index in [-0.39, 0.29) is 0 Å². The van der Waals surface area contributed by atoms with Crippen LogP contribution >= 0.6 is 0 Å². The van der Waals surface area contributed by atoms with Crippen LogP contribution in [0.5, 0.6) is 0 Å². The SMILES string of the molecule is N[C@@H](CNCCc1ccccc1)C(=O)O. The molecule has 1 rings (SSSR count). The lowest BCUT2D eigenvalue weighted by atomic mass is 10.1. The predicted octanol–water partition coefficient (Wildman–Crippen LogP) is 0.231. The summed E-state index contributed by atoms with van der Waals surface area (Å²) in [6, 6.07) is 9.20. The van der Waals surface area contributed by atoms with Gasteiger partial charge in [-0.25, -0.2) is 0 Å². The fraction of sp³-hybridized carbons (Fsp3) is 0.364. The van der Waals surface area contributed by atoms with Crippen molar-refractivity contribution >= 4 is 5.97 Å². The first-order chi connectivity index (χ1) is 7.20. The summed E-state index contributed by atoms with van der Waals surface area (Å²) in [4.78, 5) is 10.4. The van der Waals surface area contributed by atoms with Crippen LogP contribution in [0.15, 0.2) is 30.3 Å². The van der Waals surface area contributed by atoms with Gasteiger partial charge in [0, 0.05) is 6.54 Å². The molecule has 0 aliphatic heterocycles. The van der Waals surface area contributed by atoms with E-state index >= 15 is 0 Å². The lowest BCUT2D eigenvalue weighted by Gasteiger charge is -2.07. The van der Waals surface area contributed by atoms with Gasteiger partial charge in [0.1, 0.15) is 6.04 Å². The average Bonchev–Trinajstić information content (AvgIpc) is 2.25. The Morgan fingerprint density at radius 3 is 2.67 bits per heavy atom. The Labute approximate surface area is 89.1 Å². The maximum atomic E-state index is 10.4. The van der Waals surface area contributed by atoms with Crippen LogP contribution in [0.4, 0.5) is 0 Å². The molecule has 0 heterocycles. The standard InChI is InChI=1S/C11H16N2O2/c12-10(11(14)15)8-13-7-6-9-4-2-1-3-5-9/h1-5,10,13H,6-8,12H2,(H,14,15)/t10-/m0/s1. The van der Waals surface area contributed by atoms with Crippen molar-refractivity contribution in [1.82, 2.24) is 5.32 Å². The topological polar surface area (TPSA) is 75.3 Å². The minimum atomic E-state index is -0.970. The summed E-state index contributed by atoms with van der Waals surface area (Å²) in [7, 11) is 0. The summed E-state index contributed by atoms with van der Waals surface area (Å²) in [5, 5.41) is 11.5. The number of nitrogens with one attached hydrogen (secondary N) is 1. The van der Waals surface area contributed by atoms with Crippen molar-refractivity contribution in [3.8, 4) is 0 Å². The second kappa shape index (κ2) is 6.16. The quantitative estimate of drug-likeness (QED) is 0.585. The molecule has 1 aromatic carbocycles. The van der Waals surface area contributed by atoms with Gasteiger partial charge in [-0.3, -0.25) is 4.79 Å². The minimum absolute atomic E-state index is 0.308. The van der Waals surface area contributed by atoms with Gasteiger partial charge in [-0.15, -0.1) is 0 Å². The van der Waals surface area contributed by atoms with Gasteiger partial charge in [0.05, 0.1) is 0 Å². The normalized spacial score (nSPS) is 12.3. The van der Waals surface area contributed by atoms with E-state index in [1.54, 1.807) is 0 Å². The summed E-state index contributed by atoms with van der Waals surface area (Å²) in [5.41, 5.74) is 6.56. The number of nitrogens with two attached hydrogens (primary N) is 1. The molecule has 0 bridgehead atoms. The summed E-state index contributed by atoms with van der Waals surface area (Å²) < 4.78 is 0. The van der Waals surface area contributed by atoms with Crippen molar-refractivity contribution in [2.75, 3.05) is 13.1 Å². The Morgan fingerprint density at radius 1 is 1.40 bits per heavy atom. The van der Waals surface area contributed by atoms with Gasteiger partial charge in [-0.2, -0.15) is 0 Å². The first kappa shape index (κ1) is 11.7. The second-order valence-electron chi connectivity index (χ2n) is 3.38. The van der Waals surface area contributed by atoms with Crippen LogP contribution in [-0.2, 0) is 11.2 Å². The highest BCUT2D eigenvalue weighted by atomic mass is 16.4. The molecule has 0 amide bonds. The molecular formula is C11H16N2O2. The fourth-order valence-corrected chi connectivity index (χ4v) is 1.22. The monoisotopic (exact) mass is 208 g/mol. The number of hydrogen-bond acceptors (Lipinski definition) is 3. The number of carboxylic acid groups (broad SMARTS) is 1. The van der Waals surface area contributed by atoms with Crippen molar-refractivity contribution in [3.63, 3.8) is 0 Å². The molecule has 0 aliphatic rings. The molecule has 1 atom stereocenters. The molecule has 0 saturated heterocycles. The van der Waals surface area contributed by atoms with Crippen LogP contribution in [0.2, 0.25) is 0 Å². The molecule has 0 aliphatic carbocycles. The van der Waals surface area contributed by atoms with Crippen LogP contribution in [0.1, 0.15) is 5.56 Å². The highest BCUT2D eigenvalue weighted by Crippen LogP contribution is 1.97. The number of benzene rings is 1. The molecule has 0 fully saturated rings. The zero-order valence-corrected chi connectivity index (χ0v) is 8.52. The van der Waals surface area contributed by atoms with Gasteiger partial charge in [0.2, 0.25) is 0 Å². The van der Waals surface area contributed by atoms with Crippen molar-refractivity contribution in [2.24, 2.45) is 5.73 Å². The number of hydrogen-bond donors (Lipinski definition) is 3. The Morgan fingerprint density at radius 2 is 2.07 bits per heavy atom. The molecule has 15 heavy (non-hydrogen) atoms. The number of carbonyl (C=O) groups is 1. The molecule has 0 spiro atoms. The molecule has 82 valence electrons. The molecule has 0 aromatic heterocycles. The molecular weight excluding hydrogens is 192 g/mol. The highest BCUT2D eigenvalue weighted by Gasteiger charge is 2.09.